The van der Waals surface area contributed by atoms with Crippen molar-refractivity contribution in [3.8, 4) is 0 Å². The molecule has 0 saturated carbocycles. The number of rotatable bonds is 7. The van der Waals surface area contributed by atoms with E-state index in [1.807, 2.05) is 19.9 Å². The van der Waals surface area contributed by atoms with Gasteiger partial charge in [-0.2, -0.15) is 13.1 Å². The molecule has 0 amide bonds. The summed E-state index contributed by atoms with van der Waals surface area (Å²) in [5.74, 6) is 0.228. The zero-order valence-electron chi connectivity index (χ0n) is 10.6. The van der Waals surface area contributed by atoms with E-state index >= 15 is 0 Å². The van der Waals surface area contributed by atoms with Crippen molar-refractivity contribution < 1.29 is 13.5 Å². The van der Waals surface area contributed by atoms with Gasteiger partial charge in [-0.3, -0.25) is 0 Å². The summed E-state index contributed by atoms with van der Waals surface area (Å²) < 4.78 is 28.4. The van der Waals surface area contributed by atoms with Crippen LogP contribution < -0.4 is 9.44 Å². The molecule has 0 unspecified atom stereocenters. The summed E-state index contributed by atoms with van der Waals surface area (Å²) in [4.78, 5) is 0. The Balaban J connectivity index is 2.69. The summed E-state index contributed by atoms with van der Waals surface area (Å²) >= 11 is 0. The highest BCUT2D eigenvalue weighted by molar-refractivity contribution is 7.87. The molecule has 102 valence electrons. The molecule has 0 heterocycles. The summed E-state index contributed by atoms with van der Waals surface area (Å²) in [6, 6.07) is 8.35. The van der Waals surface area contributed by atoms with E-state index in [2.05, 4.69) is 9.44 Å². The molecular formula is C12H20N2O3S. The van der Waals surface area contributed by atoms with E-state index in [-0.39, 0.29) is 12.5 Å². The number of hydrogen-bond acceptors (Lipinski definition) is 3. The molecule has 5 nitrogen and oxygen atoms in total. The standard InChI is InChI=1S/C12H20N2O3S/c1-10(2)8-13-18(16,17)14-12(9-15)11-6-4-3-5-7-11/h3-7,10,12-15H,8-9H2,1-2H3/t12-/m1/s1. The fourth-order valence-corrected chi connectivity index (χ4v) is 2.62. The van der Waals surface area contributed by atoms with E-state index < -0.39 is 16.3 Å². The van der Waals surface area contributed by atoms with Gasteiger partial charge < -0.3 is 5.11 Å². The van der Waals surface area contributed by atoms with Gasteiger partial charge >= 0.3 is 0 Å². The zero-order chi connectivity index (χ0) is 13.6. The van der Waals surface area contributed by atoms with Crippen molar-refractivity contribution in [3.63, 3.8) is 0 Å². The van der Waals surface area contributed by atoms with Crippen molar-refractivity contribution in [2.24, 2.45) is 5.92 Å². The van der Waals surface area contributed by atoms with Gasteiger partial charge in [0, 0.05) is 6.54 Å². The predicted octanol–water partition coefficient (Wildman–Crippen LogP) is 0.800. The highest BCUT2D eigenvalue weighted by Crippen LogP contribution is 2.12. The van der Waals surface area contributed by atoms with Crippen molar-refractivity contribution in [1.29, 1.82) is 0 Å². The fraction of sp³-hybridized carbons (Fsp3) is 0.500. The lowest BCUT2D eigenvalue weighted by Gasteiger charge is -2.17. The Labute approximate surface area is 108 Å². The lowest BCUT2D eigenvalue weighted by molar-refractivity contribution is 0.258. The van der Waals surface area contributed by atoms with Gasteiger partial charge in [-0.25, -0.2) is 4.72 Å². The summed E-state index contributed by atoms with van der Waals surface area (Å²) in [7, 11) is -3.60. The maximum Gasteiger partial charge on any atom is 0.277 e. The Hall–Kier alpha value is -0.950. The fourth-order valence-electron chi connectivity index (χ4n) is 1.40. The second-order valence-corrected chi connectivity index (χ2v) is 6.04. The molecule has 1 atom stereocenters. The minimum absolute atomic E-state index is 0.228. The van der Waals surface area contributed by atoms with Gasteiger partial charge in [0.25, 0.3) is 10.2 Å². The maximum absolute atomic E-state index is 11.7. The quantitative estimate of drug-likeness (QED) is 0.687. The molecule has 18 heavy (non-hydrogen) atoms. The number of hydrogen-bond donors (Lipinski definition) is 3. The van der Waals surface area contributed by atoms with Crippen molar-refractivity contribution in [1.82, 2.24) is 9.44 Å². The predicted molar refractivity (Wildman–Crippen MR) is 71.2 cm³/mol. The molecule has 0 bridgehead atoms. The summed E-state index contributed by atoms with van der Waals surface area (Å²) in [5, 5.41) is 9.27. The van der Waals surface area contributed by atoms with Gasteiger partial charge in [0.1, 0.15) is 0 Å². The highest BCUT2D eigenvalue weighted by atomic mass is 32.2. The Bertz CT molecular complexity index is 446. The molecule has 1 rings (SSSR count). The van der Waals surface area contributed by atoms with Crippen LogP contribution in [-0.2, 0) is 10.2 Å². The van der Waals surface area contributed by atoms with Crippen LogP contribution in [0.25, 0.3) is 0 Å². The Morgan fingerprint density at radius 1 is 1.22 bits per heavy atom. The van der Waals surface area contributed by atoms with Crippen LogP contribution in [-0.4, -0.2) is 26.7 Å². The molecule has 3 N–H and O–H groups in total. The molecule has 6 heteroatoms. The van der Waals surface area contributed by atoms with Crippen LogP contribution in [0.3, 0.4) is 0 Å². The third kappa shape index (κ3) is 5.14. The summed E-state index contributed by atoms with van der Waals surface area (Å²) in [6.45, 7) is 3.92. The first kappa shape index (κ1) is 15.1. The van der Waals surface area contributed by atoms with Crippen LogP contribution in [0, 0.1) is 5.92 Å². The second kappa shape index (κ2) is 6.84. The topological polar surface area (TPSA) is 78.4 Å². The van der Waals surface area contributed by atoms with Crippen molar-refractivity contribution in [3.05, 3.63) is 35.9 Å². The average Bonchev–Trinajstić information content (AvgIpc) is 2.35. The van der Waals surface area contributed by atoms with Crippen LogP contribution in [0.2, 0.25) is 0 Å². The van der Waals surface area contributed by atoms with Crippen LogP contribution in [0.1, 0.15) is 25.5 Å². The number of aliphatic hydroxyl groups is 1. The third-order valence-corrected chi connectivity index (χ3v) is 3.51. The molecule has 1 aromatic rings. The number of aliphatic hydroxyl groups excluding tert-OH is 1. The second-order valence-electron chi connectivity index (χ2n) is 4.51. The molecule has 0 aliphatic heterocycles. The Morgan fingerprint density at radius 3 is 2.33 bits per heavy atom. The maximum atomic E-state index is 11.7. The number of nitrogens with one attached hydrogen (secondary N) is 2. The van der Waals surface area contributed by atoms with Crippen LogP contribution >= 0.6 is 0 Å². The molecular weight excluding hydrogens is 252 g/mol. The van der Waals surface area contributed by atoms with E-state index in [1.165, 1.54) is 0 Å². The van der Waals surface area contributed by atoms with E-state index in [0.29, 0.717) is 6.54 Å². The molecule has 0 saturated heterocycles. The Kier molecular flexibility index (Phi) is 5.74. The van der Waals surface area contributed by atoms with Crippen molar-refractivity contribution in [2.45, 2.75) is 19.9 Å². The highest BCUT2D eigenvalue weighted by Gasteiger charge is 2.18. The number of benzene rings is 1. The summed E-state index contributed by atoms with van der Waals surface area (Å²) in [6.07, 6.45) is 0. The molecule has 1 aromatic carbocycles. The SMILES string of the molecule is CC(C)CNS(=O)(=O)N[C@H](CO)c1ccccc1. The molecule has 0 aliphatic carbocycles. The molecule has 0 fully saturated rings. The van der Waals surface area contributed by atoms with E-state index in [1.54, 1.807) is 24.3 Å². The first-order chi connectivity index (χ1) is 8.44. The van der Waals surface area contributed by atoms with E-state index in [9.17, 15) is 13.5 Å². The van der Waals surface area contributed by atoms with E-state index in [4.69, 9.17) is 0 Å². The van der Waals surface area contributed by atoms with Crippen LogP contribution in [0.15, 0.2) is 30.3 Å². The largest absolute Gasteiger partial charge is 0.394 e. The lowest BCUT2D eigenvalue weighted by atomic mass is 10.1. The average molecular weight is 272 g/mol. The van der Waals surface area contributed by atoms with Crippen LogP contribution in [0.5, 0.6) is 0 Å². The van der Waals surface area contributed by atoms with Crippen molar-refractivity contribution >= 4 is 10.2 Å². The van der Waals surface area contributed by atoms with Gasteiger partial charge in [-0.05, 0) is 11.5 Å². The molecule has 0 aliphatic rings. The molecule has 0 spiro atoms. The zero-order valence-corrected chi connectivity index (χ0v) is 11.4. The van der Waals surface area contributed by atoms with Gasteiger partial charge in [0.05, 0.1) is 12.6 Å². The normalized spacial score (nSPS) is 13.8. The van der Waals surface area contributed by atoms with Gasteiger partial charge in [-0.15, -0.1) is 0 Å². The van der Waals surface area contributed by atoms with Crippen LogP contribution in [0.4, 0.5) is 0 Å². The molecule has 0 aromatic heterocycles. The third-order valence-electron chi connectivity index (χ3n) is 2.36. The monoisotopic (exact) mass is 272 g/mol. The van der Waals surface area contributed by atoms with Crippen molar-refractivity contribution in [2.75, 3.05) is 13.2 Å². The van der Waals surface area contributed by atoms with Gasteiger partial charge in [0.2, 0.25) is 0 Å². The van der Waals surface area contributed by atoms with E-state index in [0.717, 1.165) is 5.56 Å². The lowest BCUT2D eigenvalue weighted by Crippen LogP contribution is -2.41. The van der Waals surface area contributed by atoms with Gasteiger partial charge in [0.15, 0.2) is 0 Å². The minimum Gasteiger partial charge on any atom is -0.394 e. The summed E-state index contributed by atoms with van der Waals surface area (Å²) in [5.41, 5.74) is 0.731. The minimum atomic E-state index is -3.60. The Morgan fingerprint density at radius 2 is 1.83 bits per heavy atom. The first-order valence-electron chi connectivity index (χ1n) is 5.87. The smallest absolute Gasteiger partial charge is 0.277 e. The first-order valence-corrected chi connectivity index (χ1v) is 7.35. The van der Waals surface area contributed by atoms with Gasteiger partial charge in [-0.1, -0.05) is 44.2 Å². The molecule has 0 radical (unpaired) electrons.